The maximum atomic E-state index is 5.55. The number of hydrogen-bond donors (Lipinski definition) is 0. The van der Waals surface area contributed by atoms with Gasteiger partial charge in [-0.1, -0.05) is 30.3 Å². The second kappa shape index (κ2) is 6.83. The van der Waals surface area contributed by atoms with Crippen molar-refractivity contribution in [2.24, 2.45) is 0 Å². The molecular weight excluding hydrogens is 320 g/mol. The molecule has 0 radical (unpaired) electrons. The molecule has 0 bridgehead atoms. The summed E-state index contributed by atoms with van der Waals surface area (Å²) in [6.07, 6.45) is 1.96. The van der Waals surface area contributed by atoms with E-state index in [4.69, 9.17) is 14.8 Å². The molecule has 5 nitrogen and oxygen atoms in total. The maximum absolute atomic E-state index is 5.55. The Kier molecular flexibility index (Phi) is 4.40. The third kappa shape index (κ3) is 3.25. The second-order valence-corrected chi connectivity index (χ2v) is 7.13. The summed E-state index contributed by atoms with van der Waals surface area (Å²) in [4.78, 5) is 9.33. The van der Waals surface area contributed by atoms with Gasteiger partial charge in [-0.15, -0.1) is 16.4 Å². The Morgan fingerprint density at radius 3 is 2.83 bits per heavy atom. The summed E-state index contributed by atoms with van der Waals surface area (Å²) in [5.74, 6) is 2.10. The molecule has 3 aromatic rings. The fraction of sp³-hybridized carbons (Fsp3) is 0.389. The zero-order valence-corrected chi connectivity index (χ0v) is 14.5. The van der Waals surface area contributed by atoms with Gasteiger partial charge in [0, 0.05) is 24.4 Å². The molecule has 124 valence electrons. The summed E-state index contributed by atoms with van der Waals surface area (Å²) < 4.78 is 7.61. The van der Waals surface area contributed by atoms with Crippen LogP contribution in [0.3, 0.4) is 0 Å². The standard InChI is InChI=1S/C18H20N4OS/c1-13-19-16(12-24-13)17-20-18(15-8-10-23-11-15)22(21-17)9-7-14-5-3-2-4-6-14/h2-6,12,15H,7-11H2,1H3/t15-/m0/s1. The summed E-state index contributed by atoms with van der Waals surface area (Å²) in [7, 11) is 0. The van der Waals surface area contributed by atoms with Crippen molar-refractivity contribution >= 4 is 11.3 Å². The van der Waals surface area contributed by atoms with Crippen LogP contribution in [0.4, 0.5) is 0 Å². The van der Waals surface area contributed by atoms with Crippen molar-refractivity contribution in [1.29, 1.82) is 0 Å². The molecule has 3 heterocycles. The molecule has 2 aromatic heterocycles. The van der Waals surface area contributed by atoms with Gasteiger partial charge in [-0.2, -0.15) is 0 Å². The van der Waals surface area contributed by atoms with Crippen LogP contribution in [0.15, 0.2) is 35.7 Å². The first-order valence-electron chi connectivity index (χ1n) is 8.28. The van der Waals surface area contributed by atoms with Gasteiger partial charge in [-0.25, -0.2) is 14.6 Å². The monoisotopic (exact) mass is 340 g/mol. The quantitative estimate of drug-likeness (QED) is 0.714. The van der Waals surface area contributed by atoms with Crippen molar-refractivity contribution in [2.75, 3.05) is 13.2 Å². The summed E-state index contributed by atoms with van der Waals surface area (Å²) in [5.41, 5.74) is 2.18. The molecule has 1 aliphatic rings. The van der Waals surface area contributed by atoms with E-state index in [0.29, 0.717) is 5.92 Å². The van der Waals surface area contributed by atoms with Gasteiger partial charge in [0.05, 0.1) is 11.6 Å². The number of ether oxygens (including phenoxy) is 1. The lowest BCUT2D eigenvalue weighted by atomic mass is 10.1. The molecular formula is C18H20N4OS. The average molecular weight is 340 g/mol. The van der Waals surface area contributed by atoms with Crippen molar-refractivity contribution in [3.05, 3.63) is 52.1 Å². The number of aryl methyl sites for hydroxylation is 3. The highest BCUT2D eigenvalue weighted by molar-refractivity contribution is 7.09. The van der Waals surface area contributed by atoms with Gasteiger partial charge in [0.2, 0.25) is 5.82 Å². The number of rotatable bonds is 5. The molecule has 0 aliphatic carbocycles. The van der Waals surface area contributed by atoms with Crippen LogP contribution in [0.25, 0.3) is 11.5 Å². The molecule has 0 amide bonds. The number of benzene rings is 1. The van der Waals surface area contributed by atoms with E-state index in [1.807, 2.05) is 18.4 Å². The molecule has 1 aromatic carbocycles. The van der Waals surface area contributed by atoms with E-state index in [0.717, 1.165) is 55.0 Å². The maximum Gasteiger partial charge on any atom is 0.200 e. The van der Waals surface area contributed by atoms with Crippen molar-refractivity contribution in [1.82, 2.24) is 19.7 Å². The average Bonchev–Trinajstić information content (AvgIpc) is 3.34. The van der Waals surface area contributed by atoms with Crippen LogP contribution in [-0.2, 0) is 17.7 Å². The van der Waals surface area contributed by atoms with E-state index >= 15 is 0 Å². The fourth-order valence-electron chi connectivity index (χ4n) is 3.01. The molecule has 1 saturated heterocycles. The van der Waals surface area contributed by atoms with Crippen molar-refractivity contribution in [2.45, 2.75) is 32.2 Å². The molecule has 0 N–H and O–H groups in total. The van der Waals surface area contributed by atoms with E-state index in [1.165, 1.54) is 5.56 Å². The Morgan fingerprint density at radius 1 is 1.25 bits per heavy atom. The number of thiazole rings is 1. The topological polar surface area (TPSA) is 52.8 Å². The first kappa shape index (κ1) is 15.5. The summed E-state index contributed by atoms with van der Waals surface area (Å²) in [6, 6.07) is 10.5. The minimum absolute atomic E-state index is 0.335. The predicted molar refractivity (Wildman–Crippen MR) is 94.2 cm³/mol. The molecule has 1 fully saturated rings. The summed E-state index contributed by atoms with van der Waals surface area (Å²) in [5, 5.41) is 7.81. The van der Waals surface area contributed by atoms with Crippen molar-refractivity contribution in [3.8, 4) is 11.5 Å². The first-order valence-corrected chi connectivity index (χ1v) is 9.16. The van der Waals surface area contributed by atoms with Crippen LogP contribution in [-0.4, -0.2) is 33.0 Å². The number of hydrogen-bond acceptors (Lipinski definition) is 5. The molecule has 6 heteroatoms. The minimum atomic E-state index is 0.335. The third-order valence-corrected chi connectivity index (χ3v) is 5.07. The summed E-state index contributed by atoms with van der Waals surface area (Å²) >= 11 is 1.63. The third-order valence-electron chi connectivity index (χ3n) is 4.30. The van der Waals surface area contributed by atoms with Gasteiger partial charge in [0.25, 0.3) is 0 Å². The van der Waals surface area contributed by atoms with Crippen LogP contribution < -0.4 is 0 Å². The van der Waals surface area contributed by atoms with Crippen LogP contribution in [0, 0.1) is 6.92 Å². The van der Waals surface area contributed by atoms with Crippen molar-refractivity contribution < 1.29 is 4.74 Å². The highest BCUT2D eigenvalue weighted by Crippen LogP contribution is 2.27. The normalized spacial score (nSPS) is 17.5. The van der Waals surface area contributed by atoms with Crippen molar-refractivity contribution in [3.63, 3.8) is 0 Å². The number of nitrogens with zero attached hydrogens (tertiary/aromatic N) is 4. The van der Waals surface area contributed by atoms with Crippen LogP contribution >= 0.6 is 11.3 Å². The largest absolute Gasteiger partial charge is 0.381 e. The Balaban J connectivity index is 1.61. The molecule has 1 aliphatic heterocycles. The minimum Gasteiger partial charge on any atom is -0.381 e. The lowest BCUT2D eigenvalue weighted by Crippen LogP contribution is -2.12. The molecule has 24 heavy (non-hydrogen) atoms. The summed E-state index contributed by atoms with van der Waals surface area (Å²) in [6.45, 7) is 4.37. The Hall–Kier alpha value is -2.05. The highest BCUT2D eigenvalue weighted by Gasteiger charge is 2.25. The van der Waals surface area contributed by atoms with E-state index in [9.17, 15) is 0 Å². The van der Waals surface area contributed by atoms with Gasteiger partial charge in [-0.05, 0) is 25.3 Å². The predicted octanol–water partition coefficient (Wildman–Crippen LogP) is 3.46. The van der Waals surface area contributed by atoms with Crippen LogP contribution in [0.1, 0.15) is 28.7 Å². The van der Waals surface area contributed by atoms with Crippen LogP contribution in [0.2, 0.25) is 0 Å². The van der Waals surface area contributed by atoms with E-state index in [-0.39, 0.29) is 0 Å². The van der Waals surface area contributed by atoms with Gasteiger partial charge in [0.1, 0.15) is 11.5 Å². The van der Waals surface area contributed by atoms with E-state index in [2.05, 4.69) is 33.9 Å². The van der Waals surface area contributed by atoms with Gasteiger partial charge < -0.3 is 4.74 Å². The second-order valence-electron chi connectivity index (χ2n) is 6.06. The number of aromatic nitrogens is 4. The smallest absolute Gasteiger partial charge is 0.200 e. The lowest BCUT2D eigenvalue weighted by Gasteiger charge is -2.09. The first-order chi connectivity index (χ1) is 11.8. The Morgan fingerprint density at radius 2 is 2.12 bits per heavy atom. The Labute approximate surface area is 145 Å². The van der Waals surface area contributed by atoms with Gasteiger partial charge in [-0.3, -0.25) is 0 Å². The zero-order valence-electron chi connectivity index (χ0n) is 13.7. The zero-order chi connectivity index (χ0) is 16.4. The Bertz CT molecular complexity index is 806. The molecule has 1 atom stereocenters. The highest BCUT2D eigenvalue weighted by atomic mass is 32.1. The van der Waals surface area contributed by atoms with Crippen LogP contribution in [0.5, 0.6) is 0 Å². The van der Waals surface area contributed by atoms with E-state index < -0.39 is 0 Å². The van der Waals surface area contributed by atoms with E-state index in [1.54, 1.807) is 11.3 Å². The lowest BCUT2D eigenvalue weighted by molar-refractivity contribution is 0.192. The molecule has 4 rings (SSSR count). The molecule has 0 saturated carbocycles. The fourth-order valence-corrected chi connectivity index (χ4v) is 3.60. The van der Waals surface area contributed by atoms with Gasteiger partial charge >= 0.3 is 0 Å². The molecule has 0 spiro atoms. The molecule has 0 unspecified atom stereocenters. The van der Waals surface area contributed by atoms with Gasteiger partial charge in [0.15, 0.2) is 0 Å². The SMILES string of the molecule is Cc1nc(-c2nc([C@H]3CCOC3)n(CCc3ccccc3)n2)cs1.